The third-order valence-corrected chi connectivity index (χ3v) is 5.01. The van der Waals surface area contributed by atoms with E-state index in [1.165, 1.54) is 18.5 Å². The molecule has 2 heterocycles. The van der Waals surface area contributed by atoms with Crippen molar-refractivity contribution in [3.63, 3.8) is 0 Å². The number of hydrogen-bond donors (Lipinski definition) is 1. The average molecular weight is 325 g/mol. The summed E-state index contributed by atoms with van der Waals surface area (Å²) in [7, 11) is 1.87. The van der Waals surface area contributed by atoms with Gasteiger partial charge in [0.1, 0.15) is 12.2 Å². The molecule has 6 heteroatoms. The van der Waals surface area contributed by atoms with Crippen molar-refractivity contribution in [3.05, 3.63) is 42.0 Å². The van der Waals surface area contributed by atoms with E-state index in [-0.39, 0.29) is 11.9 Å². The van der Waals surface area contributed by atoms with Gasteiger partial charge in [-0.2, -0.15) is 5.10 Å². The quantitative estimate of drug-likeness (QED) is 0.916. The number of anilines is 1. The minimum atomic E-state index is -0.0525. The van der Waals surface area contributed by atoms with Gasteiger partial charge in [-0.15, -0.1) is 0 Å². The van der Waals surface area contributed by atoms with E-state index in [0.29, 0.717) is 11.5 Å². The average Bonchev–Trinajstić information content (AvgIpc) is 3.12. The van der Waals surface area contributed by atoms with Crippen LogP contribution < -0.4 is 10.2 Å². The molecule has 1 aromatic carbocycles. The zero-order valence-corrected chi connectivity index (χ0v) is 14.0. The molecule has 0 radical (unpaired) electrons. The number of nitrogens with one attached hydrogen (secondary N) is 1. The van der Waals surface area contributed by atoms with E-state index in [9.17, 15) is 4.79 Å². The molecule has 1 aromatic heterocycles. The number of carbonyl (C=O) groups is 1. The second-order valence-electron chi connectivity index (χ2n) is 6.77. The van der Waals surface area contributed by atoms with Crippen LogP contribution in [0.2, 0.25) is 0 Å². The van der Waals surface area contributed by atoms with Gasteiger partial charge >= 0.3 is 0 Å². The summed E-state index contributed by atoms with van der Waals surface area (Å²) in [6.45, 7) is 2.23. The van der Waals surface area contributed by atoms with E-state index < -0.39 is 0 Å². The lowest BCUT2D eigenvalue weighted by molar-refractivity contribution is 0.0929. The van der Waals surface area contributed by atoms with E-state index in [4.69, 9.17) is 0 Å². The molecule has 1 atom stereocenters. The van der Waals surface area contributed by atoms with E-state index in [1.807, 2.05) is 19.2 Å². The Bertz CT molecular complexity index is 713. The van der Waals surface area contributed by atoms with Crippen LogP contribution in [0, 0.1) is 5.92 Å². The summed E-state index contributed by atoms with van der Waals surface area (Å²) >= 11 is 0. The van der Waals surface area contributed by atoms with Crippen molar-refractivity contribution in [1.29, 1.82) is 0 Å². The highest BCUT2D eigenvalue weighted by molar-refractivity contribution is 5.94. The predicted molar refractivity (Wildman–Crippen MR) is 91.8 cm³/mol. The van der Waals surface area contributed by atoms with E-state index in [0.717, 1.165) is 31.8 Å². The van der Waals surface area contributed by atoms with Gasteiger partial charge in [0, 0.05) is 31.4 Å². The van der Waals surface area contributed by atoms with Gasteiger partial charge in [0.15, 0.2) is 0 Å². The van der Waals surface area contributed by atoms with E-state index >= 15 is 0 Å². The third kappa shape index (κ3) is 3.00. The zero-order valence-electron chi connectivity index (χ0n) is 14.0. The first-order valence-corrected chi connectivity index (χ1v) is 8.72. The number of nitrogens with zero attached hydrogens (tertiary/aromatic N) is 4. The predicted octanol–water partition coefficient (Wildman–Crippen LogP) is 2.30. The van der Waals surface area contributed by atoms with Gasteiger partial charge in [-0.3, -0.25) is 9.48 Å². The maximum atomic E-state index is 12.6. The molecule has 2 fully saturated rings. The van der Waals surface area contributed by atoms with Crippen molar-refractivity contribution in [2.75, 3.05) is 18.0 Å². The van der Waals surface area contributed by atoms with Crippen LogP contribution in [0.25, 0.3) is 0 Å². The number of amides is 1. The largest absolute Gasteiger partial charge is 0.372 e. The van der Waals surface area contributed by atoms with Crippen molar-refractivity contribution in [1.82, 2.24) is 20.1 Å². The summed E-state index contributed by atoms with van der Waals surface area (Å²) < 4.78 is 1.75. The minimum Gasteiger partial charge on any atom is -0.372 e. The summed E-state index contributed by atoms with van der Waals surface area (Å²) in [6.07, 6.45) is 6.31. The first-order chi connectivity index (χ1) is 11.7. The van der Waals surface area contributed by atoms with Gasteiger partial charge in [-0.05, 0) is 55.9 Å². The fourth-order valence-corrected chi connectivity index (χ4v) is 3.43. The summed E-state index contributed by atoms with van der Waals surface area (Å²) in [4.78, 5) is 19.3. The Balaban J connectivity index is 1.47. The molecule has 1 unspecified atom stereocenters. The molecule has 0 bridgehead atoms. The van der Waals surface area contributed by atoms with Gasteiger partial charge in [-0.1, -0.05) is 0 Å². The van der Waals surface area contributed by atoms with Gasteiger partial charge in [-0.25, -0.2) is 4.98 Å². The second kappa shape index (κ2) is 6.26. The maximum Gasteiger partial charge on any atom is 0.251 e. The topological polar surface area (TPSA) is 63.1 Å². The monoisotopic (exact) mass is 325 g/mol. The molecule has 2 aromatic rings. The van der Waals surface area contributed by atoms with Gasteiger partial charge in [0.05, 0.1) is 6.04 Å². The smallest absolute Gasteiger partial charge is 0.251 e. The summed E-state index contributed by atoms with van der Waals surface area (Å²) in [5, 5.41) is 7.28. The molecule has 126 valence electrons. The highest BCUT2D eigenvalue weighted by atomic mass is 16.1. The van der Waals surface area contributed by atoms with Crippen LogP contribution in [-0.4, -0.2) is 33.8 Å². The number of aromatic nitrogens is 3. The van der Waals surface area contributed by atoms with Crippen LogP contribution >= 0.6 is 0 Å². The molecule has 6 nitrogen and oxygen atoms in total. The standard InChI is InChI=1S/C18H23N5O/c1-22-17(19-12-20-22)16(13-4-5-13)21-18(24)14-6-8-15(9-7-14)23-10-2-3-11-23/h6-9,12-13,16H,2-5,10-11H2,1H3,(H,21,24). The number of hydrogen-bond acceptors (Lipinski definition) is 4. The van der Waals surface area contributed by atoms with Gasteiger partial charge < -0.3 is 10.2 Å². The van der Waals surface area contributed by atoms with Crippen LogP contribution in [0.5, 0.6) is 0 Å². The summed E-state index contributed by atoms with van der Waals surface area (Å²) in [5.41, 5.74) is 1.90. The fraction of sp³-hybridized carbons (Fsp3) is 0.500. The number of aryl methyl sites for hydroxylation is 1. The lowest BCUT2D eigenvalue weighted by atomic mass is 10.1. The Labute approximate surface area is 141 Å². The highest BCUT2D eigenvalue weighted by Crippen LogP contribution is 2.40. The van der Waals surface area contributed by atoms with Gasteiger partial charge in [0.25, 0.3) is 5.91 Å². The summed E-state index contributed by atoms with van der Waals surface area (Å²) in [6, 6.07) is 7.89. The van der Waals surface area contributed by atoms with Crippen LogP contribution in [0.4, 0.5) is 5.69 Å². The molecule has 1 N–H and O–H groups in total. The zero-order chi connectivity index (χ0) is 16.5. The molecular formula is C18H23N5O. The Morgan fingerprint density at radius 3 is 2.50 bits per heavy atom. The highest BCUT2D eigenvalue weighted by Gasteiger charge is 2.36. The Kier molecular flexibility index (Phi) is 3.96. The van der Waals surface area contributed by atoms with Crippen molar-refractivity contribution < 1.29 is 4.79 Å². The molecular weight excluding hydrogens is 302 g/mol. The molecule has 1 aliphatic heterocycles. The maximum absolute atomic E-state index is 12.6. The molecule has 24 heavy (non-hydrogen) atoms. The number of rotatable bonds is 5. The molecule has 1 saturated heterocycles. The van der Waals surface area contributed by atoms with Crippen molar-refractivity contribution in [2.45, 2.75) is 31.7 Å². The Hall–Kier alpha value is -2.37. The van der Waals surface area contributed by atoms with Crippen LogP contribution in [0.3, 0.4) is 0 Å². The first kappa shape index (κ1) is 15.2. The van der Waals surface area contributed by atoms with E-state index in [2.05, 4.69) is 32.4 Å². The van der Waals surface area contributed by atoms with Crippen LogP contribution in [0.1, 0.15) is 47.9 Å². The van der Waals surface area contributed by atoms with Crippen LogP contribution in [0.15, 0.2) is 30.6 Å². The lowest BCUT2D eigenvalue weighted by Crippen LogP contribution is -2.31. The lowest BCUT2D eigenvalue weighted by Gasteiger charge is -2.19. The Morgan fingerprint density at radius 1 is 1.21 bits per heavy atom. The van der Waals surface area contributed by atoms with E-state index in [1.54, 1.807) is 11.0 Å². The van der Waals surface area contributed by atoms with Crippen molar-refractivity contribution >= 4 is 11.6 Å². The van der Waals surface area contributed by atoms with Crippen LogP contribution in [-0.2, 0) is 7.05 Å². The van der Waals surface area contributed by atoms with Crippen molar-refractivity contribution in [2.24, 2.45) is 13.0 Å². The minimum absolute atomic E-state index is 0.0390. The fourth-order valence-electron chi connectivity index (χ4n) is 3.43. The molecule has 1 aliphatic carbocycles. The second-order valence-corrected chi connectivity index (χ2v) is 6.77. The normalized spacial score (nSPS) is 18.6. The molecule has 4 rings (SSSR count). The first-order valence-electron chi connectivity index (χ1n) is 8.72. The number of carbonyl (C=O) groups excluding carboxylic acids is 1. The van der Waals surface area contributed by atoms with Gasteiger partial charge in [0.2, 0.25) is 0 Å². The molecule has 2 aliphatic rings. The molecule has 0 spiro atoms. The number of benzene rings is 1. The SMILES string of the molecule is Cn1ncnc1C(NC(=O)c1ccc(N2CCCC2)cc1)C1CC1. The van der Waals surface area contributed by atoms with Crippen molar-refractivity contribution in [3.8, 4) is 0 Å². The summed E-state index contributed by atoms with van der Waals surface area (Å²) in [5.74, 6) is 1.27. The molecule has 1 saturated carbocycles. The molecule has 1 amide bonds. The Morgan fingerprint density at radius 2 is 1.92 bits per heavy atom. The third-order valence-electron chi connectivity index (χ3n) is 5.01.